The number of aliphatic imine (C=N–C) groups is 1. The predicted octanol–water partition coefficient (Wildman–Crippen LogP) is 7.09. The van der Waals surface area contributed by atoms with Crippen molar-refractivity contribution in [1.82, 2.24) is 30.4 Å². The van der Waals surface area contributed by atoms with Crippen LogP contribution in [0.25, 0.3) is 49.5 Å². The normalized spacial score (nSPS) is 18.8. The number of carbonyl (C=O) groups is 4. The fourth-order valence-corrected chi connectivity index (χ4v) is 8.94. The van der Waals surface area contributed by atoms with Crippen molar-refractivity contribution >= 4 is 68.0 Å². The Morgan fingerprint density at radius 2 is 1.41 bits per heavy atom. The van der Waals surface area contributed by atoms with Crippen LogP contribution in [0.5, 0.6) is 0 Å². The molecular formula is C46H51N7O8. The first-order valence-corrected chi connectivity index (χ1v) is 20.9. The molecule has 2 saturated heterocycles. The van der Waals surface area contributed by atoms with E-state index < -0.39 is 24.3 Å². The van der Waals surface area contributed by atoms with E-state index in [1.807, 2.05) is 63.1 Å². The number of H-pyrrole nitrogens is 1. The van der Waals surface area contributed by atoms with Gasteiger partial charge in [0, 0.05) is 42.4 Å². The van der Waals surface area contributed by atoms with Crippen molar-refractivity contribution in [2.75, 3.05) is 27.3 Å². The van der Waals surface area contributed by atoms with E-state index >= 15 is 0 Å². The molecule has 3 aliphatic rings. The lowest BCUT2D eigenvalue weighted by Crippen LogP contribution is -2.53. The number of hydrogen-bond donors (Lipinski definition) is 3. The molecule has 15 nitrogen and oxygen atoms in total. The summed E-state index contributed by atoms with van der Waals surface area (Å²) in [5.74, 6) is 0.0513. The standard InChI is InChI=1S/C46H51N7O8/c1-24(2)38(50-45(57)59-5)43(55)52-17-7-9-35(52)33-21-29(22-47-33)26-11-14-30-27(19-26)12-15-31-40(54)32-20-28(13-16-37(32)61-41(30)31)34-23-48-42(49-34)36-10-8-18-53(36)44(56)39(25(3)4)51-46(58)60-6/h11-16,19-20,22-25,35-36,38-39H,7-10,17-18,21H2,1-6H3,(H,48,49)(H,50,57)(H,51,58)/t35-,36-,38-,39+/m1/s1. The largest absolute Gasteiger partial charge is 0.455 e. The second kappa shape index (κ2) is 16.9. The zero-order valence-electron chi connectivity index (χ0n) is 35.2. The van der Waals surface area contributed by atoms with E-state index in [0.717, 1.165) is 58.9 Å². The maximum Gasteiger partial charge on any atom is 0.407 e. The smallest absolute Gasteiger partial charge is 0.407 e. The summed E-state index contributed by atoms with van der Waals surface area (Å²) in [6, 6.07) is 13.4. The Morgan fingerprint density at radius 1 is 0.787 bits per heavy atom. The number of aromatic amines is 1. The van der Waals surface area contributed by atoms with E-state index in [4.69, 9.17) is 18.9 Å². The summed E-state index contributed by atoms with van der Waals surface area (Å²) in [5, 5.41) is 8.01. The van der Waals surface area contributed by atoms with Crippen LogP contribution in [-0.2, 0) is 19.1 Å². The molecule has 5 aromatic rings. The van der Waals surface area contributed by atoms with Crippen LogP contribution in [0.2, 0.25) is 0 Å². The second-order valence-corrected chi connectivity index (χ2v) is 16.7. The molecule has 0 spiro atoms. The quantitative estimate of drug-likeness (QED) is 0.0975. The maximum atomic E-state index is 14.1. The van der Waals surface area contributed by atoms with Crippen LogP contribution in [0.3, 0.4) is 0 Å². The molecule has 318 valence electrons. The van der Waals surface area contributed by atoms with Gasteiger partial charge < -0.3 is 39.3 Å². The summed E-state index contributed by atoms with van der Waals surface area (Å²) in [6.45, 7) is 8.69. The van der Waals surface area contributed by atoms with E-state index in [2.05, 4.69) is 26.7 Å². The topological polar surface area (TPSA) is 189 Å². The maximum absolute atomic E-state index is 14.1. The average Bonchev–Trinajstić information content (AvgIpc) is 4.11. The molecule has 15 heteroatoms. The lowest BCUT2D eigenvalue weighted by Gasteiger charge is -2.31. The lowest BCUT2D eigenvalue weighted by atomic mass is 9.95. The highest BCUT2D eigenvalue weighted by Crippen LogP contribution is 2.36. The van der Waals surface area contributed by atoms with Crippen LogP contribution in [0.1, 0.15) is 77.2 Å². The Kier molecular flexibility index (Phi) is 11.4. The summed E-state index contributed by atoms with van der Waals surface area (Å²) < 4.78 is 16.0. The molecule has 8 rings (SSSR count). The van der Waals surface area contributed by atoms with Crippen LogP contribution in [0.15, 0.2) is 75.1 Å². The van der Waals surface area contributed by atoms with Crippen molar-refractivity contribution in [3.63, 3.8) is 0 Å². The number of imidazole rings is 1. The highest BCUT2D eigenvalue weighted by Gasteiger charge is 2.39. The van der Waals surface area contributed by atoms with Crippen molar-refractivity contribution in [1.29, 1.82) is 0 Å². The summed E-state index contributed by atoms with van der Waals surface area (Å²) in [5.41, 5.74) is 5.20. The Balaban J connectivity index is 1.00. The van der Waals surface area contributed by atoms with E-state index in [9.17, 15) is 24.0 Å². The molecule has 3 N–H and O–H groups in total. The lowest BCUT2D eigenvalue weighted by molar-refractivity contribution is -0.135. The molecule has 3 aliphatic heterocycles. The van der Waals surface area contributed by atoms with E-state index in [0.29, 0.717) is 53.0 Å². The number of benzene rings is 3. The molecule has 0 saturated carbocycles. The van der Waals surface area contributed by atoms with Gasteiger partial charge in [0.1, 0.15) is 29.1 Å². The minimum atomic E-state index is -0.736. The summed E-state index contributed by atoms with van der Waals surface area (Å²) in [7, 11) is 2.56. The number of methoxy groups -OCH3 is 2. The monoisotopic (exact) mass is 829 g/mol. The molecule has 2 fully saturated rings. The first-order valence-electron chi connectivity index (χ1n) is 20.9. The number of ether oxygens (including phenoxy) is 2. The van der Waals surface area contributed by atoms with Crippen LogP contribution in [-0.4, -0.2) is 94.9 Å². The molecule has 4 atom stereocenters. The van der Waals surface area contributed by atoms with Gasteiger partial charge in [-0.1, -0.05) is 45.9 Å². The molecule has 2 aromatic heterocycles. The van der Waals surface area contributed by atoms with Gasteiger partial charge in [0.2, 0.25) is 17.2 Å². The molecule has 61 heavy (non-hydrogen) atoms. The number of carbonyl (C=O) groups excluding carboxylic acids is 4. The van der Waals surface area contributed by atoms with Gasteiger partial charge in [-0.25, -0.2) is 14.6 Å². The number of hydrogen-bond acceptors (Lipinski definition) is 10. The SMILES string of the molecule is COC(=O)N[C@H](C(=O)N1CCC[C@@H]1c1ncc(-c2ccc3oc4c(ccc5cc(C6=CN=C([C@H]7CCCN7C(=O)[C@H](NC(=O)OC)C(C)C)C6)ccc54)c(=O)c3c2)[nH]1)C(C)C. The van der Waals surface area contributed by atoms with Crippen LogP contribution in [0.4, 0.5) is 9.59 Å². The Morgan fingerprint density at radius 3 is 2.07 bits per heavy atom. The van der Waals surface area contributed by atoms with E-state index in [-0.39, 0.29) is 41.2 Å². The number of aromatic nitrogens is 2. The second-order valence-electron chi connectivity index (χ2n) is 16.7. The van der Waals surface area contributed by atoms with E-state index in [1.54, 1.807) is 29.3 Å². The third kappa shape index (κ3) is 7.84. The van der Waals surface area contributed by atoms with Crippen LogP contribution >= 0.6 is 0 Å². The van der Waals surface area contributed by atoms with E-state index in [1.165, 1.54) is 14.2 Å². The Hall–Kier alpha value is -6.51. The zero-order chi connectivity index (χ0) is 43.1. The Bertz CT molecular complexity index is 2680. The number of rotatable bonds is 10. The minimum Gasteiger partial charge on any atom is -0.455 e. The van der Waals surface area contributed by atoms with Gasteiger partial charge in [-0.05, 0) is 84.4 Å². The number of nitrogens with one attached hydrogen (secondary N) is 3. The van der Waals surface area contributed by atoms with Gasteiger partial charge in [-0.15, -0.1) is 0 Å². The average molecular weight is 830 g/mol. The van der Waals surface area contributed by atoms with Gasteiger partial charge in [0.15, 0.2) is 0 Å². The predicted molar refractivity (Wildman–Crippen MR) is 232 cm³/mol. The van der Waals surface area contributed by atoms with Gasteiger partial charge in [-0.3, -0.25) is 19.4 Å². The molecular weight excluding hydrogens is 779 g/mol. The van der Waals surface area contributed by atoms with Crippen molar-refractivity contribution in [2.45, 2.75) is 84.0 Å². The van der Waals surface area contributed by atoms with Gasteiger partial charge in [-0.2, -0.15) is 0 Å². The van der Waals surface area contributed by atoms with Gasteiger partial charge >= 0.3 is 12.2 Å². The third-order valence-electron chi connectivity index (χ3n) is 12.2. The summed E-state index contributed by atoms with van der Waals surface area (Å²) in [4.78, 5) is 81.9. The van der Waals surface area contributed by atoms with Gasteiger partial charge in [0.25, 0.3) is 0 Å². The van der Waals surface area contributed by atoms with Crippen molar-refractivity contribution in [2.24, 2.45) is 16.8 Å². The highest BCUT2D eigenvalue weighted by atomic mass is 16.5. The fourth-order valence-electron chi connectivity index (χ4n) is 8.94. The van der Waals surface area contributed by atoms with Crippen molar-refractivity contribution in [3.8, 4) is 11.3 Å². The molecule has 0 radical (unpaired) electrons. The summed E-state index contributed by atoms with van der Waals surface area (Å²) >= 11 is 0. The number of nitrogens with zero attached hydrogens (tertiary/aromatic N) is 4. The first-order chi connectivity index (χ1) is 29.4. The van der Waals surface area contributed by atoms with Crippen molar-refractivity contribution in [3.05, 3.63) is 82.5 Å². The molecule has 4 amide bonds. The van der Waals surface area contributed by atoms with Crippen molar-refractivity contribution < 1.29 is 33.1 Å². The molecule has 5 heterocycles. The Labute approximate surface area is 352 Å². The zero-order valence-corrected chi connectivity index (χ0v) is 35.2. The molecule has 0 aliphatic carbocycles. The van der Waals surface area contributed by atoms with Crippen LogP contribution < -0.4 is 16.1 Å². The number of allylic oxidation sites excluding steroid dienone is 1. The highest BCUT2D eigenvalue weighted by molar-refractivity contribution is 6.09. The third-order valence-corrected chi connectivity index (χ3v) is 12.2. The van der Waals surface area contributed by atoms with Crippen LogP contribution in [0, 0.1) is 11.8 Å². The molecule has 0 bridgehead atoms. The minimum absolute atomic E-state index is 0.116. The number of likely N-dealkylation sites (tertiary alicyclic amines) is 2. The van der Waals surface area contributed by atoms with Gasteiger partial charge in [0.05, 0.1) is 49.0 Å². The fraction of sp³-hybridized carbons (Fsp3) is 0.413. The molecule has 0 unspecified atom stereocenters. The number of alkyl carbamates (subject to hydrolysis) is 2. The number of amides is 4. The summed E-state index contributed by atoms with van der Waals surface area (Å²) in [6.07, 6.45) is 6.05. The first kappa shape index (κ1) is 41.2. The number of fused-ring (bicyclic) bond motifs is 4. The molecule has 3 aromatic carbocycles.